The Morgan fingerprint density at radius 3 is 2.76 bits per heavy atom. The van der Waals surface area contributed by atoms with Crippen LogP contribution in [0.15, 0.2) is 29.3 Å². The van der Waals surface area contributed by atoms with Gasteiger partial charge in [0.2, 0.25) is 0 Å². The van der Waals surface area contributed by atoms with E-state index in [-0.39, 0.29) is 0 Å². The van der Waals surface area contributed by atoms with Gasteiger partial charge in [-0.1, -0.05) is 31.0 Å². The molecule has 1 aromatic carbocycles. The third-order valence-corrected chi connectivity index (χ3v) is 3.88. The zero-order chi connectivity index (χ0) is 14.9. The van der Waals surface area contributed by atoms with Crippen molar-refractivity contribution < 1.29 is 4.74 Å². The Balaban J connectivity index is 1.61. The number of hydrogen-bond acceptors (Lipinski definition) is 2. The van der Waals surface area contributed by atoms with Crippen LogP contribution in [0.25, 0.3) is 0 Å². The van der Waals surface area contributed by atoms with Crippen molar-refractivity contribution in [2.75, 3.05) is 20.2 Å². The van der Waals surface area contributed by atoms with Gasteiger partial charge in [0.25, 0.3) is 0 Å². The quantitative estimate of drug-likeness (QED) is 0.481. The number of guanidine groups is 1. The van der Waals surface area contributed by atoms with Crippen LogP contribution < -0.4 is 15.4 Å². The normalized spacial score (nSPS) is 16.0. The van der Waals surface area contributed by atoms with Gasteiger partial charge in [0.05, 0.1) is 6.61 Å². The first-order valence-corrected chi connectivity index (χ1v) is 7.95. The molecule has 2 rings (SSSR count). The first-order valence-electron chi connectivity index (χ1n) is 7.95. The molecule has 1 aliphatic rings. The number of rotatable bonds is 6. The second-order valence-electron chi connectivity index (χ2n) is 5.59. The third kappa shape index (κ3) is 5.29. The minimum absolute atomic E-state index is 0.597. The number of nitrogens with one attached hydrogen (secondary N) is 2. The first kappa shape index (κ1) is 15.7. The van der Waals surface area contributed by atoms with Gasteiger partial charge in [0.15, 0.2) is 5.96 Å². The van der Waals surface area contributed by atoms with Crippen molar-refractivity contribution in [2.45, 2.75) is 45.1 Å². The second kappa shape index (κ2) is 8.55. The van der Waals surface area contributed by atoms with Gasteiger partial charge in [-0.05, 0) is 37.8 Å². The van der Waals surface area contributed by atoms with Gasteiger partial charge in [0.1, 0.15) is 5.75 Å². The summed E-state index contributed by atoms with van der Waals surface area (Å²) in [6.07, 6.45) is 6.14. The fourth-order valence-electron chi connectivity index (χ4n) is 2.64. The number of nitrogens with zero attached hydrogens (tertiary/aromatic N) is 1. The van der Waals surface area contributed by atoms with E-state index in [9.17, 15) is 0 Å². The van der Waals surface area contributed by atoms with Gasteiger partial charge in [-0.3, -0.25) is 4.99 Å². The summed E-state index contributed by atoms with van der Waals surface area (Å²) >= 11 is 0. The fraction of sp³-hybridized carbons (Fsp3) is 0.588. The maximum atomic E-state index is 5.79. The number of aryl methyl sites for hydroxylation is 1. The Hall–Kier alpha value is -1.71. The smallest absolute Gasteiger partial charge is 0.191 e. The van der Waals surface area contributed by atoms with Crippen molar-refractivity contribution in [3.8, 4) is 5.75 Å². The molecule has 1 aromatic rings. The maximum absolute atomic E-state index is 5.79. The maximum Gasteiger partial charge on any atom is 0.191 e. The molecular formula is C17H27N3O. The van der Waals surface area contributed by atoms with E-state index in [1.807, 2.05) is 25.2 Å². The van der Waals surface area contributed by atoms with E-state index in [0.717, 1.165) is 31.3 Å². The van der Waals surface area contributed by atoms with Crippen LogP contribution >= 0.6 is 0 Å². The van der Waals surface area contributed by atoms with Crippen LogP contribution in [-0.2, 0) is 0 Å². The molecule has 0 heterocycles. The summed E-state index contributed by atoms with van der Waals surface area (Å²) in [7, 11) is 1.83. The Labute approximate surface area is 128 Å². The summed E-state index contributed by atoms with van der Waals surface area (Å²) in [4.78, 5) is 4.28. The van der Waals surface area contributed by atoms with E-state index in [1.165, 1.54) is 31.2 Å². The monoisotopic (exact) mass is 289 g/mol. The summed E-state index contributed by atoms with van der Waals surface area (Å²) in [5.41, 5.74) is 1.18. The van der Waals surface area contributed by atoms with Gasteiger partial charge < -0.3 is 15.4 Å². The minimum atomic E-state index is 0.597. The summed E-state index contributed by atoms with van der Waals surface area (Å²) in [6, 6.07) is 8.72. The number of para-hydroxylation sites is 1. The zero-order valence-corrected chi connectivity index (χ0v) is 13.2. The Kier molecular flexibility index (Phi) is 6.38. The number of ether oxygens (including phenoxy) is 1. The van der Waals surface area contributed by atoms with Crippen molar-refractivity contribution >= 4 is 5.96 Å². The molecule has 1 aliphatic carbocycles. The topological polar surface area (TPSA) is 45.7 Å². The van der Waals surface area contributed by atoms with Crippen molar-refractivity contribution in [1.29, 1.82) is 0 Å². The van der Waals surface area contributed by atoms with Crippen molar-refractivity contribution in [1.82, 2.24) is 10.6 Å². The fourth-order valence-corrected chi connectivity index (χ4v) is 2.64. The van der Waals surface area contributed by atoms with E-state index in [0.29, 0.717) is 6.04 Å². The molecule has 1 saturated carbocycles. The molecule has 0 saturated heterocycles. The molecule has 0 unspecified atom stereocenters. The Morgan fingerprint density at radius 2 is 2.05 bits per heavy atom. The van der Waals surface area contributed by atoms with Crippen LogP contribution in [0.2, 0.25) is 0 Å². The van der Waals surface area contributed by atoms with E-state index < -0.39 is 0 Å². The molecule has 0 bridgehead atoms. The lowest BCUT2D eigenvalue weighted by Crippen LogP contribution is -2.42. The van der Waals surface area contributed by atoms with Crippen LogP contribution in [0.4, 0.5) is 0 Å². The van der Waals surface area contributed by atoms with E-state index >= 15 is 0 Å². The average molecular weight is 289 g/mol. The third-order valence-electron chi connectivity index (χ3n) is 3.88. The van der Waals surface area contributed by atoms with Gasteiger partial charge in [0, 0.05) is 19.6 Å². The Morgan fingerprint density at radius 1 is 1.29 bits per heavy atom. The van der Waals surface area contributed by atoms with Gasteiger partial charge >= 0.3 is 0 Å². The number of hydrogen-bond donors (Lipinski definition) is 2. The van der Waals surface area contributed by atoms with Crippen LogP contribution in [0, 0.1) is 6.92 Å². The van der Waals surface area contributed by atoms with Gasteiger partial charge in [-0.25, -0.2) is 0 Å². The molecular weight excluding hydrogens is 262 g/mol. The molecule has 0 atom stereocenters. The molecule has 4 nitrogen and oxygen atoms in total. The largest absolute Gasteiger partial charge is 0.493 e. The highest BCUT2D eigenvalue weighted by Crippen LogP contribution is 2.17. The lowest BCUT2D eigenvalue weighted by molar-refractivity contribution is 0.309. The molecule has 4 heteroatoms. The Bertz CT molecular complexity index is 453. The van der Waals surface area contributed by atoms with Crippen LogP contribution in [0.1, 0.15) is 37.7 Å². The summed E-state index contributed by atoms with van der Waals surface area (Å²) < 4.78 is 5.79. The molecule has 116 valence electrons. The standard InChI is InChI=1S/C17H27N3O/c1-14-8-3-6-11-16(14)21-13-7-12-19-17(18-2)20-15-9-4-5-10-15/h3,6,8,11,15H,4-5,7,9-10,12-13H2,1-2H3,(H2,18,19,20). The highest BCUT2D eigenvalue weighted by atomic mass is 16.5. The van der Waals surface area contributed by atoms with Gasteiger partial charge in [-0.2, -0.15) is 0 Å². The molecule has 0 aliphatic heterocycles. The lowest BCUT2D eigenvalue weighted by atomic mass is 10.2. The van der Waals surface area contributed by atoms with E-state index in [2.05, 4.69) is 28.6 Å². The van der Waals surface area contributed by atoms with Crippen molar-refractivity contribution in [3.05, 3.63) is 29.8 Å². The van der Waals surface area contributed by atoms with Crippen LogP contribution in [0.5, 0.6) is 5.75 Å². The summed E-state index contributed by atoms with van der Waals surface area (Å²) in [5.74, 6) is 1.89. The summed E-state index contributed by atoms with van der Waals surface area (Å²) in [6.45, 7) is 3.66. The molecule has 0 amide bonds. The summed E-state index contributed by atoms with van der Waals surface area (Å²) in [5, 5.41) is 6.84. The molecule has 0 aromatic heterocycles. The highest BCUT2D eigenvalue weighted by molar-refractivity contribution is 5.79. The molecule has 21 heavy (non-hydrogen) atoms. The SMILES string of the molecule is CN=C(NCCCOc1ccccc1C)NC1CCCC1. The van der Waals surface area contributed by atoms with Crippen molar-refractivity contribution in [2.24, 2.45) is 4.99 Å². The van der Waals surface area contributed by atoms with E-state index in [1.54, 1.807) is 0 Å². The van der Waals surface area contributed by atoms with Crippen molar-refractivity contribution in [3.63, 3.8) is 0 Å². The van der Waals surface area contributed by atoms with Crippen LogP contribution in [-0.4, -0.2) is 32.2 Å². The van der Waals surface area contributed by atoms with E-state index in [4.69, 9.17) is 4.74 Å². The second-order valence-corrected chi connectivity index (χ2v) is 5.59. The number of benzene rings is 1. The minimum Gasteiger partial charge on any atom is -0.493 e. The predicted octanol–water partition coefficient (Wildman–Crippen LogP) is 2.87. The highest BCUT2D eigenvalue weighted by Gasteiger charge is 2.15. The molecule has 1 fully saturated rings. The molecule has 0 spiro atoms. The average Bonchev–Trinajstić information content (AvgIpc) is 3.00. The predicted molar refractivity (Wildman–Crippen MR) is 88.0 cm³/mol. The molecule has 2 N–H and O–H groups in total. The zero-order valence-electron chi connectivity index (χ0n) is 13.2. The lowest BCUT2D eigenvalue weighted by Gasteiger charge is -2.17. The first-order chi connectivity index (χ1) is 10.3. The molecule has 0 radical (unpaired) electrons. The number of aliphatic imine (C=N–C) groups is 1. The van der Waals surface area contributed by atoms with Gasteiger partial charge in [-0.15, -0.1) is 0 Å². The van der Waals surface area contributed by atoms with Crippen LogP contribution in [0.3, 0.4) is 0 Å².